The molecule has 6 nitrogen and oxygen atoms in total. The molecule has 7 heteroatoms. The van der Waals surface area contributed by atoms with Crippen LogP contribution >= 0.6 is 0 Å². The first kappa shape index (κ1) is 39.3. The molecule has 29 heavy (non-hydrogen) atoms. The number of rotatable bonds is 12. The molecule has 0 saturated heterocycles. The zero-order valence-corrected chi connectivity index (χ0v) is 22.2. The molecule has 0 aromatic heterocycles. The first-order valence-corrected chi connectivity index (χ1v) is 10.2. The molecule has 0 saturated carbocycles. The smallest absolute Gasteiger partial charge is 0.681 e. The summed E-state index contributed by atoms with van der Waals surface area (Å²) < 4.78 is 0. The van der Waals surface area contributed by atoms with E-state index >= 15 is 0 Å². The number of hydrogen-bond acceptors (Lipinski definition) is 2. The third kappa shape index (κ3) is 27.8. The quantitative estimate of drug-likeness (QED) is 0.168. The van der Waals surface area contributed by atoms with E-state index in [0.29, 0.717) is 0 Å². The van der Waals surface area contributed by atoms with Gasteiger partial charge in [0.25, 0.3) is 0 Å². The fourth-order valence-electron chi connectivity index (χ4n) is 2.01. The van der Waals surface area contributed by atoms with Crippen molar-refractivity contribution in [2.45, 2.75) is 117 Å². The predicted octanol–water partition coefficient (Wildman–Crippen LogP) is 6.81. The molecule has 0 fully saturated rings. The summed E-state index contributed by atoms with van der Waals surface area (Å²) in [6, 6.07) is 0. The first-order chi connectivity index (χ1) is 13.1. The van der Waals surface area contributed by atoms with Crippen molar-refractivity contribution in [3.05, 3.63) is 21.3 Å². The number of carbonyl (C=O) groups excluding carboxylic acids is 2. The van der Waals surface area contributed by atoms with Gasteiger partial charge in [0.1, 0.15) is 0 Å². The maximum Gasteiger partial charge on any atom is 6.00 e. The summed E-state index contributed by atoms with van der Waals surface area (Å²) in [6.07, 6.45) is 7.08. The Bertz CT molecular complexity index is 289. The second kappa shape index (κ2) is 25.8. The van der Waals surface area contributed by atoms with Crippen molar-refractivity contribution in [1.82, 2.24) is 0 Å². The van der Waals surface area contributed by atoms with Gasteiger partial charge in [0.15, 0.2) is 0 Å². The Morgan fingerprint density at radius 2 is 0.897 bits per heavy atom. The topological polar surface area (TPSA) is 90.5 Å². The second-order valence-electron chi connectivity index (χ2n) is 7.65. The molecular weight excluding hydrogens is 453 g/mol. The van der Waals surface area contributed by atoms with Gasteiger partial charge in [0, 0.05) is 0 Å². The van der Waals surface area contributed by atoms with E-state index in [1.807, 2.05) is 14.1 Å². The number of hydrogen-bond donors (Lipinski definition) is 0. The average Bonchev–Trinajstić information content (AvgIpc) is 2.70. The van der Waals surface area contributed by atoms with E-state index in [1.54, 1.807) is 0 Å². The Morgan fingerprint density at radius 3 is 1.03 bits per heavy atom. The van der Waals surface area contributed by atoms with Crippen LogP contribution in [0.15, 0.2) is 0 Å². The van der Waals surface area contributed by atoms with Crippen molar-refractivity contribution in [2.75, 3.05) is 14.1 Å². The molecule has 0 bridgehead atoms. The van der Waals surface area contributed by atoms with E-state index < -0.39 is 0 Å². The van der Waals surface area contributed by atoms with Crippen molar-refractivity contribution in [2.24, 2.45) is 0 Å². The van der Waals surface area contributed by atoms with Gasteiger partial charge in [-0.15, -0.1) is 11.1 Å². The van der Waals surface area contributed by atoms with Gasteiger partial charge in [-0.05, 0) is 0 Å². The van der Waals surface area contributed by atoms with Gasteiger partial charge in [-0.1, -0.05) is 93.9 Å². The summed E-state index contributed by atoms with van der Waals surface area (Å²) in [5.74, 6) is 0. The third-order valence-electron chi connectivity index (χ3n) is 4.42. The molecule has 0 aliphatic rings. The average molecular weight is 500 g/mol. The molecule has 0 rings (SSSR count). The zero-order chi connectivity index (χ0) is 23.2. The van der Waals surface area contributed by atoms with E-state index in [2.05, 4.69) is 90.2 Å². The van der Waals surface area contributed by atoms with Gasteiger partial charge >= 0.3 is 19.5 Å². The van der Waals surface area contributed by atoms with Crippen molar-refractivity contribution >= 4 is 13.6 Å². The summed E-state index contributed by atoms with van der Waals surface area (Å²) in [5.41, 5.74) is 0.193. The Kier molecular flexibility index (Phi) is 35.0. The van der Waals surface area contributed by atoms with Gasteiger partial charge in [-0.25, -0.2) is 12.3 Å². The minimum Gasteiger partial charge on any atom is -0.681 e. The molecule has 0 spiro atoms. The van der Waals surface area contributed by atoms with Crippen molar-refractivity contribution < 1.29 is 29.1 Å². The van der Waals surface area contributed by atoms with Crippen LogP contribution in [-0.4, -0.2) is 51.1 Å². The summed E-state index contributed by atoms with van der Waals surface area (Å²) in [7, 11) is 3.71. The summed E-state index contributed by atoms with van der Waals surface area (Å²) in [4.78, 5) is 15.5. The molecule has 0 aromatic carbocycles. The van der Waals surface area contributed by atoms with Crippen LogP contribution in [-0.2, 0) is 29.1 Å². The van der Waals surface area contributed by atoms with Crippen LogP contribution < -0.4 is 0 Å². The monoisotopic (exact) mass is 500 g/mol. The Labute approximate surface area is 195 Å². The van der Waals surface area contributed by atoms with Crippen LogP contribution in [0.25, 0.3) is 21.3 Å². The number of nitrogens with zero attached hydrogens (tertiary/aromatic N) is 4. The van der Waals surface area contributed by atoms with Gasteiger partial charge in [0.2, 0.25) is 0 Å². The van der Waals surface area contributed by atoms with Gasteiger partial charge in [-0.2, -0.15) is 14.1 Å². The van der Waals surface area contributed by atoms with E-state index in [9.17, 15) is 0 Å². The standard InChI is InChI=1S/2C10H22N2.2CHO.Ru/c2*1-6-8-9(11-5)12-10(3,4)7-2;2*1-2;/h2*9H,6-8H2,1-5H3;2*1H;/q2*-2;2*-1;+6. The molecule has 0 heterocycles. The van der Waals surface area contributed by atoms with Crippen LogP contribution in [0.3, 0.4) is 0 Å². The third-order valence-corrected chi connectivity index (χ3v) is 4.42. The SMILES string of the molecule is CCCC([N-]C)[N-]C(C)(C)CC.CCCC([N-]C)[N-]C(C)(C)CC.[CH-]=O.[CH-]=O.[Ru+6]. The van der Waals surface area contributed by atoms with Crippen molar-refractivity contribution in [3.8, 4) is 0 Å². The summed E-state index contributed by atoms with van der Waals surface area (Å²) in [6.45, 7) is 23.9. The van der Waals surface area contributed by atoms with Crippen LogP contribution in [0.4, 0.5) is 0 Å². The fraction of sp³-hybridized carbons (Fsp3) is 0.909. The maximum atomic E-state index is 7.75. The molecule has 0 radical (unpaired) electrons. The molecule has 2 atom stereocenters. The van der Waals surface area contributed by atoms with Crippen LogP contribution in [0.5, 0.6) is 0 Å². The predicted molar refractivity (Wildman–Crippen MR) is 125 cm³/mol. The van der Waals surface area contributed by atoms with Crippen molar-refractivity contribution in [1.29, 1.82) is 0 Å². The van der Waals surface area contributed by atoms with Crippen molar-refractivity contribution in [3.63, 3.8) is 0 Å². The van der Waals surface area contributed by atoms with E-state index in [0.717, 1.165) is 38.5 Å². The normalized spacial score (nSPS) is 12.5. The molecule has 0 aliphatic carbocycles. The molecule has 0 amide bonds. The molecule has 174 valence electrons. The summed E-state index contributed by atoms with van der Waals surface area (Å²) >= 11 is 0. The minimum atomic E-state index is 0. The second-order valence-corrected chi connectivity index (χ2v) is 7.65. The van der Waals surface area contributed by atoms with Crippen LogP contribution in [0, 0.1) is 0 Å². The van der Waals surface area contributed by atoms with Crippen LogP contribution in [0.2, 0.25) is 0 Å². The maximum absolute atomic E-state index is 7.75. The molecule has 0 aromatic rings. The Balaban J connectivity index is -0.000000109. The Hall–Kier alpha value is -0.197. The largest absolute Gasteiger partial charge is 6.00 e. The van der Waals surface area contributed by atoms with Crippen LogP contribution in [0.1, 0.15) is 93.9 Å². The van der Waals surface area contributed by atoms with Gasteiger partial charge in [-0.3, -0.25) is 13.6 Å². The molecular formula is C22H46N4O2Ru. The van der Waals surface area contributed by atoms with E-state index in [-0.39, 0.29) is 42.9 Å². The van der Waals surface area contributed by atoms with Gasteiger partial charge in [0.05, 0.1) is 0 Å². The van der Waals surface area contributed by atoms with Gasteiger partial charge < -0.3 is 30.9 Å². The molecule has 0 N–H and O–H groups in total. The van der Waals surface area contributed by atoms with E-state index in [1.165, 1.54) is 0 Å². The first-order valence-electron chi connectivity index (χ1n) is 10.2. The molecule has 2 unspecified atom stereocenters. The fourth-order valence-corrected chi connectivity index (χ4v) is 2.01. The zero-order valence-electron chi connectivity index (χ0n) is 20.5. The van der Waals surface area contributed by atoms with E-state index in [4.69, 9.17) is 9.59 Å². The minimum absolute atomic E-state index is 0. The Morgan fingerprint density at radius 1 is 0.655 bits per heavy atom. The molecule has 0 aliphatic heterocycles. The summed E-state index contributed by atoms with van der Waals surface area (Å²) in [5, 5.41) is 17.8.